The van der Waals surface area contributed by atoms with Gasteiger partial charge in [0.05, 0.1) is 4.47 Å². The molecule has 1 fully saturated rings. The molecule has 0 spiro atoms. The SMILES string of the molecule is CCCOC1C(N)CC1Oc1ccc(Br)c(F)c1. The maximum Gasteiger partial charge on any atom is 0.141 e. The molecule has 3 unspecified atom stereocenters. The third-order valence-electron chi connectivity index (χ3n) is 2.99. The lowest BCUT2D eigenvalue weighted by atomic mass is 9.86. The average molecular weight is 318 g/mol. The molecule has 0 saturated heterocycles. The van der Waals surface area contributed by atoms with Crippen molar-refractivity contribution in [3.8, 4) is 5.75 Å². The molecule has 5 heteroatoms. The van der Waals surface area contributed by atoms with E-state index in [-0.39, 0.29) is 24.1 Å². The highest BCUT2D eigenvalue weighted by Gasteiger charge is 2.41. The van der Waals surface area contributed by atoms with Gasteiger partial charge < -0.3 is 15.2 Å². The zero-order valence-corrected chi connectivity index (χ0v) is 11.8. The van der Waals surface area contributed by atoms with E-state index in [9.17, 15) is 4.39 Å². The molecule has 0 radical (unpaired) electrons. The van der Waals surface area contributed by atoms with Crippen molar-refractivity contribution in [3.05, 3.63) is 28.5 Å². The number of halogens is 2. The van der Waals surface area contributed by atoms with Crippen molar-refractivity contribution in [1.82, 2.24) is 0 Å². The summed E-state index contributed by atoms with van der Waals surface area (Å²) in [6.07, 6.45) is 1.53. The van der Waals surface area contributed by atoms with Crippen molar-refractivity contribution in [2.24, 2.45) is 5.73 Å². The summed E-state index contributed by atoms with van der Waals surface area (Å²) in [5.41, 5.74) is 5.87. The molecule has 18 heavy (non-hydrogen) atoms. The van der Waals surface area contributed by atoms with Gasteiger partial charge in [-0.05, 0) is 34.5 Å². The smallest absolute Gasteiger partial charge is 0.141 e. The van der Waals surface area contributed by atoms with Crippen molar-refractivity contribution in [2.45, 2.75) is 38.0 Å². The third-order valence-corrected chi connectivity index (χ3v) is 3.63. The summed E-state index contributed by atoms with van der Waals surface area (Å²) in [6.45, 7) is 2.72. The van der Waals surface area contributed by atoms with Crippen LogP contribution in [0.25, 0.3) is 0 Å². The van der Waals surface area contributed by atoms with Gasteiger partial charge in [0, 0.05) is 25.1 Å². The number of rotatable bonds is 5. The summed E-state index contributed by atoms with van der Waals surface area (Å²) in [5.74, 6) is 0.180. The van der Waals surface area contributed by atoms with Crippen LogP contribution in [0.3, 0.4) is 0 Å². The van der Waals surface area contributed by atoms with Crippen LogP contribution in [0.4, 0.5) is 4.39 Å². The molecule has 3 atom stereocenters. The second-order valence-electron chi connectivity index (χ2n) is 4.47. The number of hydrogen-bond donors (Lipinski definition) is 1. The molecule has 0 aliphatic heterocycles. The highest BCUT2D eigenvalue weighted by atomic mass is 79.9. The Morgan fingerprint density at radius 3 is 2.89 bits per heavy atom. The molecule has 0 amide bonds. The Labute approximate surface area is 115 Å². The minimum absolute atomic E-state index is 0.0156. The highest BCUT2D eigenvalue weighted by molar-refractivity contribution is 9.10. The van der Waals surface area contributed by atoms with Crippen LogP contribution in [0.2, 0.25) is 0 Å². The summed E-state index contributed by atoms with van der Waals surface area (Å²) >= 11 is 3.11. The van der Waals surface area contributed by atoms with E-state index in [4.69, 9.17) is 15.2 Å². The van der Waals surface area contributed by atoms with Crippen molar-refractivity contribution >= 4 is 15.9 Å². The van der Waals surface area contributed by atoms with Gasteiger partial charge in [0.25, 0.3) is 0 Å². The van der Waals surface area contributed by atoms with Crippen molar-refractivity contribution in [2.75, 3.05) is 6.61 Å². The summed E-state index contributed by atoms with van der Waals surface area (Å²) < 4.78 is 25.1. The molecule has 1 aromatic rings. The summed E-state index contributed by atoms with van der Waals surface area (Å²) in [7, 11) is 0. The Balaban J connectivity index is 1.94. The summed E-state index contributed by atoms with van der Waals surface area (Å²) in [5, 5.41) is 0. The van der Waals surface area contributed by atoms with Gasteiger partial charge in [-0.25, -0.2) is 4.39 Å². The maximum atomic E-state index is 13.3. The van der Waals surface area contributed by atoms with Crippen molar-refractivity contribution in [1.29, 1.82) is 0 Å². The molecule has 0 heterocycles. The number of hydrogen-bond acceptors (Lipinski definition) is 3. The molecule has 1 aromatic carbocycles. The van der Waals surface area contributed by atoms with Gasteiger partial charge in [0.1, 0.15) is 23.8 Å². The van der Waals surface area contributed by atoms with E-state index >= 15 is 0 Å². The number of nitrogens with two attached hydrogens (primary N) is 1. The normalized spacial score (nSPS) is 26.8. The lowest BCUT2D eigenvalue weighted by Gasteiger charge is -2.41. The minimum atomic E-state index is -0.331. The first-order chi connectivity index (χ1) is 8.61. The first-order valence-electron chi connectivity index (χ1n) is 6.10. The molecule has 2 N–H and O–H groups in total. The predicted molar refractivity (Wildman–Crippen MR) is 71.1 cm³/mol. The quantitative estimate of drug-likeness (QED) is 0.908. The summed E-state index contributed by atoms with van der Waals surface area (Å²) in [6, 6.07) is 4.74. The highest BCUT2D eigenvalue weighted by Crippen LogP contribution is 2.29. The second-order valence-corrected chi connectivity index (χ2v) is 5.32. The van der Waals surface area contributed by atoms with E-state index < -0.39 is 0 Å². The molecule has 1 saturated carbocycles. The average Bonchev–Trinajstić information content (AvgIpc) is 2.33. The Morgan fingerprint density at radius 2 is 2.28 bits per heavy atom. The molecule has 1 aliphatic carbocycles. The van der Waals surface area contributed by atoms with Crippen LogP contribution in [0, 0.1) is 5.82 Å². The second kappa shape index (κ2) is 5.99. The molecule has 3 nitrogen and oxygen atoms in total. The van der Waals surface area contributed by atoms with E-state index in [1.165, 1.54) is 6.07 Å². The van der Waals surface area contributed by atoms with Crippen LogP contribution in [0.5, 0.6) is 5.75 Å². The topological polar surface area (TPSA) is 44.5 Å². The first-order valence-corrected chi connectivity index (χ1v) is 6.90. The number of benzene rings is 1. The van der Waals surface area contributed by atoms with Gasteiger partial charge in [-0.2, -0.15) is 0 Å². The Kier molecular flexibility index (Phi) is 4.59. The zero-order valence-electron chi connectivity index (χ0n) is 10.2. The van der Waals surface area contributed by atoms with Gasteiger partial charge in [-0.15, -0.1) is 0 Å². The van der Waals surface area contributed by atoms with E-state index in [0.29, 0.717) is 16.8 Å². The van der Waals surface area contributed by atoms with E-state index in [2.05, 4.69) is 15.9 Å². The van der Waals surface area contributed by atoms with Gasteiger partial charge in [-0.3, -0.25) is 0 Å². The van der Waals surface area contributed by atoms with Crippen LogP contribution < -0.4 is 10.5 Å². The van der Waals surface area contributed by atoms with Crippen LogP contribution >= 0.6 is 15.9 Å². The monoisotopic (exact) mass is 317 g/mol. The fraction of sp³-hybridized carbons (Fsp3) is 0.538. The zero-order chi connectivity index (χ0) is 13.1. The van der Waals surface area contributed by atoms with Crippen LogP contribution in [0.1, 0.15) is 19.8 Å². The van der Waals surface area contributed by atoms with E-state index in [1.54, 1.807) is 12.1 Å². The maximum absolute atomic E-state index is 13.3. The number of ether oxygens (including phenoxy) is 2. The van der Waals surface area contributed by atoms with Gasteiger partial charge in [0.2, 0.25) is 0 Å². The minimum Gasteiger partial charge on any atom is -0.487 e. The molecule has 100 valence electrons. The van der Waals surface area contributed by atoms with Crippen LogP contribution in [-0.4, -0.2) is 24.9 Å². The molecule has 0 aromatic heterocycles. The van der Waals surface area contributed by atoms with E-state index in [1.807, 2.05) is 6.92 Å². The molecule has 0 bridgehead atoms. The molecule has 1 aliphatic rings. The fourth-order valence-corrected chi connectivity index (χ4v) is 2.19. The first kappa shape index (κ1) is 13.8. The Morgan fingerprint density at radius 1 is 1.50 bits per heavy atom. The summed E-state index contributed by atoms with van der Waals surface area (Å²) in [4.78, 5) is 0. The molecular formula is C13H17BrFNO2. The predicted octanol–water partition coefficient (Wildman–Crippen LogP) is 2.86. The lowest BCUT2D eigenvalue weighted by Crippen LogP contribution is -2.59. The molecule has 2 rings (SSSR count). The Hall–Kier alpha value is -0.650. The lowest BCUT2D eigenvalue weighted by molar-refractivity contribution is -0.0980. The van der Waals surface area contributed by atoms with Gasteiger partial charge in [-0.1, -0.05) is 6.92 Å². The van der Waals surface area contributed by atoms with Crippen LogP contribution in [-0.2, 0) is 4.74 Å². The van der Waals surface area contributed by atoms with Gasteiger partial charge in [0.15, 0.2) is 0 Å². The fourth-order valence-electron chi connectivity index (χ4n) is 1.94. The molecular weight excluding hydrogens is 301 g/mol. The Bertz CT molecular complexity index is 416. The van der Waals surface area contributed by atoms with Crippen molar-refractivity contribution < 1.29 is 13.9 Å². The third kappa shape index (κ3) is 3.02. The van der Waals surface area contributed by atoms with Crippen molar-refractivity contribution in [3.63, 3.8) is 0 Å². The standard InChI is InChI=1S/C13H17BrFNO2/c1-2-5-17-13-11(16)7-12(13)18-8-3-4-9(14)10(15)6-8/h3-4,6,11-13H,2,5,7,16H2,1H3. The van der Waals surface area contributed by atoms with Crippen LogP contribution in [0.15, 0.2) is 22.7 Å². The largest absolute Gasteiger partial charge is 0.487 e. The van der Waals surface area contributed by atoms with E-state index in [0.717, 1.165) is 12.8 Å². The van der Waals surface area contributed by atoms with Gasteiger partial charge >= 0.3 is 0 Å².